The molecule has 0 fully saturated rings. The number of ether oxygens (including phenoxy) is 1. The van der Waals surface area contributed by atoms with Crippen LogP contribution in [-0.4, -0.2) is 18.9 Å². The van der Waals surface area contributed by atoms with Crippen LogP contribution in [0.1, 0.15) is 5.56 Å². The van der Waals surface area contributed by atoms with Crippen molar-refractivity contribution < 1.29 is 9.53 Å². The van der Waals surface area contributed by atoms with Crippen LogP contribution in [0, 0.1) is 0 Å². The SMILES string of the molecule is COc1ccc(CNC(=O)CCl)cc1. The molecule has 0 unspecified atom stereocenters. The molecule has 14 heavy (non-hydrogen) atoms. The molecule has 0 aliphatic rings. The van der Waals surface area contributed by atoms with E-state index in [1.165, 1.54) is 0 Å². The molecule has 0 heterocycles. The molecule has 4 heteroatoms. The first-order valence-electron chi connectivity index (χ1n) is 4.22. The van der Waals surface area contributed by atoms with Crippen LogP contribution in [-0.2, 0) is 11.3 Å². The average Bonchev–Trinajstić information content (AvgIpc) is 2.26. The van der Waals surface area contributed by atoms with Gasteiger partial charge in [-0.15, -0.1) is 11.6 Å². The van der Waals surface area contributed by atoms with E-state index in [0.29, 0.717) is 6.54 Å². The molecule has 1 aromatic rings. The second-order valence-electron chi connectivity index (χ2n) is 2.76. The second-order valence-corrected chi connectivity index (χ2v) is 3.03. The van der Waals surface area contributed by atoms with Crippen LogP contribution < -0.4 is 10.1 Å². The maximum Gasteiger partial charge on any atom is 0.235 e. The smallest absolute Gasteiger partial charge is 0.235 e. The van der Waals surface area contributed by atoms with Gasteiger partial charge in [0.25, 0.3) is 0 Å². The van der Waals surface area contributed by atoms with Crippen molar-refractivity contribution in [3.63, 3.8) is 0 Å². The minimum atomic E-state index is -0.164. The van der Waals surface area contributed by atoms with Gasteiger partial charge in [-0.3, -0.25) is 4.79 Å². The third kappa shape index (κ3) is 3.26. The van der Waals surface area contributed by atoms with Gasteiger partial charge in [-0.1, -0.05) is 12.1 Å². The number of amides is 1. The first-order chi connectivity index (χ1) is 6.76. The Labute approximate surface area is 88.0 Å². The molecule has 0 saturated carbocycles. The van der Waals surface area contributed by atoms with Gasteiger partial charge < -0.3 is 10.1 Å². The number of alkyl halides is 1. The number of nitrogens with one attached hydrogen (secondary N) is 1. The highest BCUT2D eigenvalue weighted by molar-refractivity contribution is 6.27. The highest BCUT2D eigenvalue weighted by atomic mass is 35.5. The van der Waals surface area contributed by atoms with E-state index in [1.54, 1.807) is 7.11 Å². The minimum Gasteiger partial charge on any atom is -0.497 e. The summed E-state index contributed by atoms with van der Waals surface area (Å²) in [6, 6.07) is 7.49. The van der Waals surface area contributed by atoms with E-state index in [1.807, 2.05) is 24.3 Å². The Morgan fingerprint density at radius 1 is 1.43 bits per heavy atom. The topological polar surface area (TPSA) is 38.3 Å². The fourth-order valence-corrected chi connectivity index (χ4v) is 1.09. The van der Waals surface area contributed by atoms with E-state index in [-0.39, 0.29) is 11.8 Å². The van der Waals surface area contributed by atoms with Gasteiger partial charge in [-0.25, -0.2) is 0 Å². The van der Waals surface area contributed by atoms with E-state index in [2.05, 4.69) is 5.32 Å². The van der Waals surface area contributed by atoms with Crippen molar-refractivity contribution in [2.45, 2.75) is 6.54 Å². The molecule has 1 N–H and O–H groups in total. The van der Waals surface area contributed by atoms with Crippen molar-refractivity contribution in [3.8, 4) is 5.75 Å². The first kappa shape index (κ1) is 10.9. The summed E-state index contributed by atoms with van der Waals surface area (Å²) in [7, 11) is 1.62. The summed E-state index contributed by atoms with van der Waals surface area (Å²) in [6.45, 7) is 0.496. The number of hydrogen-bond acceptors (Lipinski definition) is 2. The van der Waals surface area contributed by atoms with E-state index in [9.17, 15) is 4.79 Å². The zero-order valence-corrected chi connectivity index (χ0v) is 8.67. The lowest BCUT2D eigenvalue weighted by atomic mass is 10.2. The summed E-state index contributed by atoms with van der Waals surface area (Å²) in [6.07, 6.45) is 0. The first-order valence-corrected chi connectivity index (χ1v) is 4.75. The van der Waals surface area contributed by atoms with Gasteiger partial charge in [0.2, 0.25) is 5.91 Å². The van der Waals surface area contributed by atoms with E-state index >= 15 is 0 Å². The Morgan fingerprint density at radius 2 is 2.07 bits per heavy atom. The molecule has 3 nitrogen and oxygen atoms in total. The number of halogens is 1. The van der Waals surface area contributed by atoms with Gasteiger partial charge in [-0.05, 0) is 17.7 Å². The quantitative estimate of drug-likeness (QED) is 0.771. The Bertz CT molecular complexity index is 297. The van der Waals surface area contributed by atoms with Gasteiger partial charge in [0.15, 0.2) is 0 Å². The molecule has 0 atom stereocenters. The number of methoxy groups -OCH3 is 1. The number of carbonyl (C=O) groups excluding carboxylic acids is 1. The minimum absolute atomic E-state index is 0.00381. The average molecular weight is 214 g/mol. The van der Waals surface area contributed by atoms with Crippen LogP contribution in [0.5, 0.6) is 5.75 Å². The highest BCUT2D eigenvalue weighted by Gasteiger charge is 1.98. The molecule has 0 aliphatic heterocycles. The van der Waals surface area contributed by atoms with Crippen molar-refractivity contribution in [2.24, 2.45) is 0 Å². The van der Waals surface area contributed by atoms with Gasteiger partial charge in [0.1, 0.15) is 11.6 Å². The van der Waals surface area contributed by atoms with Crippen molar-refractivity contribution >= 4 is 17.5 Å². The van der Waals surface area contributed by atoms with Crippen molar-refractivity contribution in [1.29, 1.82) is 0 Å². The summed E-state index contributed by atoms with van der Waals surface area (Å²) >= 11 is 5.33. The van der Waals surface area contributed by atoms with Crippen LogP contribution >= 0.6 is 11.6 Å². The monoisotopic (exact) mass is 213 g/mol. The maximum absolute atomic E-state index is 10.8. The van der Waals surface area contributed by atoms with Crippen LogP contribution in [0.4, 0.5) is 0 Å². The maximum atomic E-state index is 10.8. The Hall–Kier alpha value is -1.22. The third-order valence-electron chi connectivity index (χ3n) is 1.77. The Morgan fingerprint density at radius 3 is 2.57 bits per heavy atom. The molecule has 0 saturated heterocycles. The zero-order chi connectivity index (χ0) is 10.4. The normalized spacial score (nSPS) is 9.57. The molecule has 0 aliphatic carbocycles. The van der Waals surface area contributed by atoms with Gasteiger partial charge in [0.05, 0.1) is 7.11 Å². The molecule has 1 rings (SSSR count). The summed E-state index contributed by atoms with van der Waals surface area (Å²) in [4.78, 5) is 10.8. The largest absolute Gasteiger partial charge is 0.497 e. The lowest BCUT2D eigenvalue weighted by molar-refractivity contribution is -0.118. The summed E-state index contributed by atoms with van der Waals surface area (Å²) < 4.78 is 5.01. The molecular weight excluding hydrogens is 202 g/mol. The molecule has 1 amide bonds. The van der Waals surface area contributed by atoms with Crippen molar-refractivity contribution in [2.75, 3.05) is 13.0 Å². The summed E-state index contributed by atoms with van der Waals surface area (Å²) in [5.74, 6) is 0.635. The van der Waals surface area contributed by atoms with E-state index in [4.69, 9.17) is 16.3 Å². The number of hydrogen-bond donors (Lipinski definition) is 1. The lowest BCUT2D eigenvalue weighted by Crippen LogP contribution is -2.23. The predicted octanol–water partition coefficient (Wildman–Crippen LogP) is 1.55. The van der Waals surface area contributed by atoms with Crippen molar-refractivity contribution in [1.82, 2.24) is 5.32 Å². The summed E-state index contributed by atoms with van der Waals surface area (Å²) in [5, 5.41) is 2.67. The molecule has 0 spiro atoms. The van der Waals surface area contributed by atoms with Gasteiger partial charge >= 0.3 is 0 Å². The van der Waals surface area contributed by atoms with Gasteiger partial charge in [0, 0.05) is 6.54 Å². The zero-order valence-electron chi connectivity index (χ0n) is 7.92. The van der Waals surface area contributed by atoms with Crippen molar-refractivity contribution in [3.05, 3.63) is 29.8 Å². The third-order valence-corrected chi connectivity index (χ3v) is 2.01. The predicted molar refractivity (Wildman–Crippen MR) is 55.6 cm³/mol. The molecule has 76 valence electrons. The van der Waals surface area contributed by atoms with Crippen LogP contribution in [0.3, 0.4) is 0 Å². The highest BCUT2D eigenvalue weighted by Crippen LogP contribution is 2.10. The molecule has 1 aromatic carbocycles. The van der Waals surface area contributed by atoms with Crippen LogP contribution in [0.2, 0.25) is 0 Å². The Kier molecular flexibility index (Phi) is 4.26. The lowest BCUT2D eigenvalue weighted by Gasteiger charge is -2.04. The standard InChI is InChI=1S/C10H12ClNO2/c1-14-9-4-2-8(3-5-9)7-12-10(13)6-11/h2-5H,6-7H2,1H3,(H,12,13). The molecular formula is C10H12ClNO2. The fraction of sp³-hybridized carbons (Fsp3) is 0.300. The van der Waals surface area contributed by atoms with Gasteiger partial charge in [-0.2, -0.15) is 0 Å². The number of carbonyl (C=O) groups is 1. The Balaban J connectivity index is 2.47. The molecule has 0 aromatic heterocycles. The second kappa shape index (κ2) is 5.50. The number of rotatable bonds is 4. The fourth-order valence-electron chi connectivity index (χ4n) is 0.991. The molecule has 0 bridgehead atoms. The van der Waals surface area contributed by atoms with E-state index < -0.39 is 0 Å². The number of benzene rings is 1. The molecule has 0 radical (unpaired) electrons. The van der Waals surface area contributed by atoms with Crippen LogP contribution in [0.25, 0.3) is 0 Å². The van der Waals surface area contributed by atoms with Crippen LogP contribution in [0.15, 0.2) is 24.3 Å². The van der Waals surface area contributed by atoms with E-state index in [0.717, 1.165) is 11.3 Å². The summed E-state index contributed by atoms with van der Waals surface area (Å²) in [5.41, 5.74) is 1.02.